The van der Waals surface area contributed by atoms with E-state index in [0.717, 1.165) is 25.7 Å². The van der Waals surface area contributed by atoms with Gasteiger partial charge >= 0.3 is 6.03 Å². The van der Waals surface area contributed by atoms with Crippen molar-refractivity contribution in [1.82, 2.24) is 15.7 Å². The molecule has 1 unspecified atom stereocenters. The van der Waals surface area contributed by atoms with Crippen molar-refractivity contribution in [2.45, 2.75) is 52.5 Å². The third-order valence-electron chi connectivity index (χ3n) is 5.20. The van der Waals surface area contributed by atoms with Crippen molar-refractivity contribution in [2.75, 3.05) is 18.4 Å². The number of urea groups is 1. The Labute approximate surface area is 176 Å². The summed E-state index contributed by atoms with van der Waals surface area (Å²) in [5, 5.41) is 14.1. The highest BCUT2D eigenvalue weighted by Gasteiger charge is 2.37. The number of benzene rings is 1. The number of hydrogen-bond donors (Lipinski definition) is 4. The van der Waals surface area contributed by atoms with Crippen LogP contribution >= 0.6 is 0 Å². The molecule has 0 bridgehead atoms. The Morgan fingerprint density at radius 3 is 2.47 bits per heavy atom. The van der Waals surface area contributed by atoms with Gasteiger partial charge in [0, 0.05) is 12.2 Å². The number of carbonyl (C=O) groups is 3. The molecule has 1 aliphatic carbocycles. The molecule has 1 fully saturated rings. The first-order chi connectivity index (χ1) is 14.1. The molecule has 4 amide bonds. The smallest absolute Gasteiger partial charge is 0.319 e. The van der Waals surface area contributed by atoms with Crippen molar-refractivity contribution in [3.05, 3.63) is 30.1 Å². The van der Waals surface area contributed by atoms with E-state index in [1.165, 1.54) is 29.2 Å². The van der Waals surface area contributed by atoms with Gasteiger partial charge in [-0.15, -0.1) is 0 Å². The highest BCUT2D eigenvalue weighted by atomic mass is 19.1. The van der Waals surface area contributed by atoms with Gasteiger partial charge in [-0.1, -0.05) is 39.7 Å². The van der Waals surface area contributed by atoms with Crippen LogP contribution in [0.5, 0.6) is 0 Å². The Hall–Kier alpha value is -2.68. The minimum Gasteiger partial charge on any atom is -0.331 e. The average molecular weight is 423 g/mol. The van der Waals surface area contributed by atoms with Gasteiger partial charge in [-0.2, -0.15) is 0 Å². The van der Waals surface area contributed by atoms with Crippen molar-refractivity contribution < 1.29 is 24.0 Å². The number of anilines is 1. The van der Waals surface area contributed by atoms with Crippen LogP contribution in [0.4, 0.5) is 14.9 Å². The maximum Gasteiger partial charge on any atom is 0.319 e. The number of carbonyl (C=O) groups excluding carboxylic acids is 3. The molecular weight excluding hydrogens is 391 g/mol. The summed E-state index contributed by atoms with van der Waals surface area (Å²) < 4.78 is 13.4. The number of hydroxylamine groups is 1. The first-order valence-corrected chi connectivity index (χ1v) is 10.1. The van der Waals surface area contributed by atoms with Crippen LogP contribution in [0.2, 0.25) is 0 Å². The molecule has 0 spiro atoms. The molecule has 8 nitrogen and oxygen atoms in total. The lowest BCUT2D eigenvalue weighted by Gasteiger charge is -2.35. The number of amides is 4. The molecule has 2 rings (SSSR count). The topological polar surface area (TPSA) is 111 Å². The van der Waals surface area contributed by atoms with Gasteiger partial charge in [0.25, 0.3) is 5.91 Å². The third-order valence-corrected chi connectivity index (χ3v) is 5.20. The molecule has 0 aliphatic heterocycles. The predicted octanol–water partition coefficient (Wildman–Crippen LogP) is 2.89. The second kappa shape index (κ2) is 10.4. The number of nitrogens with one attached hydrogen (secondary N) is 3. The van der Waals surface area contributed by atoms with Gasteiger partial charge in [0.05, 0.1) is 0 Å². The van der Waals surface area contributed by atoms with E-state index in [4.69, 9.17) is 5.21 Å². The summed E-state index contributed by atoms with van der Waals surface area (Å²) in [5.74, 6) is -1.32. The normalized spacial score (nSPS) is 15.4. The minimum atomic E-state index is -0.932. The van der Waals surface area contributed by atoms with Crippen LogP contribution < -0.4 is 16.1 Å². The van der Waals surface area contributed by atoms with E-state index in [2.05, 4.69) is 10.6 Å². The minimum absolute atomic E-state index is 0.259. The molecule has 1 aliphatic rings. The van der Waals surface area contributed by atoms with E-state index in [9.17, 15) is 18.8 Å². The van der Waals surface area contributed by atoms with Gasteiger partial charge in [0.2, 0.25) is 5.91 Å². The zero-order valence-electron chi connectivity index (χ0n) is 17.7. The summed E-state index contributed by atoms with van der Waals surface area (Å²) in [4.78, 5) is 39.0. The lowest BCUT2D eigenvalue weighted by atomic mass is 9.85. The zero-order valence-corrected chi connectivity index (χ0v) is 17.7. The first-order valence-electron chi connectivity index (χ1n) is 10.1. The zero-order chi connectivity index (χ0) is 22.3. The van der Waals surface area contributed by atoms with E-state index in [1.54, 1.807) is 26.3 Å². The second-order valence-electron chi connectivity index (χ2n) is 8.81. The van der Waals surface area contributed by atoms with Crippen LogP contribution in [0.3, 0.4) is 0 Å². The molecule has 1 aromatic carbocycles. The maximum absolute atomic E-state index is 13.4. The fraction of sp³-hybridized carbons (Fsp3) is 0.571. The Bertz CT molecular complexity index is 760. The van der Waals surface area contributed by atoms with Crippen LogP contribution in [0, 0.1) is 17.2 Å². The fourth-order valence-corrected chi connectivity index (χ4v) is 3.64. The van der Waals surface area contributed by atoms with Gasteiger partial charge in [0.15, 0.2) is 0 Å². The summed E-state index contributed by atoms with van der Waals surface area (Å²) >= 11 is 0. The highest BCUT2D eigenvalue weighted by Crippen LogP contribution is 2.27. The highest BCUT2D eigenvalue weighted by molar-refractivity contribution is 5.95. The summed E-state index contributed by atoms with van der Waals surface area (Å²) in [6.45, 7) is 5.49. The number of halogens is 1. The molecular formula is C21H31FN4O4. The Balaban J connectivity index is 2.15. The SMILES string of the molecule is CC(C)(C)C(NC(=O)Nc1cccc(F)c1)C(=O)N(CC(=O)NO)CC1CCCC1. The summed E-state index contributed by atoms with van der Waals surface area (Å²) in [7, 11) is 0. The number of hydrogen-bond acceptors (Lipinski definition) is 4. The van der Waals surface area contributed by atoms with E-state index in [0.29, 0.717) is 6.54 Å². The molecule has 0 aromatic heterocycles. The molecule has 0 saturated heterocycles. The van der Waals surface area contributed by atoms with Crippen molar-refractivity contribution in [2.24, 2.45) is 11.3 Å². The Morgan fingerprint density at radius 2 is 1.90 bits per heavy atom. The number of rotatable bonds is 7. The predicted molar refractivity (Wildman–Crippen MR) is 110 cm³/mol. The van der Waals surface area contributed by atoms with E-state index < -0.39 is 35.1 Å². The van der Waals surface area contributed by atoms with Crippen molar-refractivity contribution in [1.29, 1.82) is 0 Å². The molecule has 166 valence electrons. The Kier molecular flexibility index (Phi) is 8.16. The Morgan fingerprint density at radius 1 is 1.23 bits per heavy atom. The van der Waals surface area contributed by atoms with Gasteiger partial charge in [-0.05, 0) is 42.4 Å². The second-order valence-corrected chi connectivity index (χ2v) is 8.81. The standard InChI is InChI=1S/C21H31FN4O4/c1-21(2,3)18(24-20(29)23-16-10-6-9-15(22)11-16)19(28)26(13-17(27)25-30)12-14-7-4-5-8-14/h6,9-11,14,18,30H,4-5,7-8,12-13H2,1-3H3,(H,25,27)(H2,23,24,29). The number of nitrogens with zero attached hydrogens (tertiary/aromatic N) is 1. The van der Waals surface area contributed by atoms with E-state index >= 15 is 0 Å². The molecule has 0 radical (unpaired) electrons. The van der Waals surface area contributed by atoms with Crippen LogP contribution in [0.15, 0.2) is 24.3 Å². The lowest BCUT2D eigenvalue weighted by Crippen LogP contribution is -2.57. The largest absolute Gasteiger partial charge is 0.331 e. The first kappa shape index (κ1) is 23.6. The summed E-state index contributed by atoms with van der Waals surface area (Å²) in [6, 6.07) is 3.85. The van der Waals surface area contributed by atoms with E-state index in [1.807, 2.05) is 0 Å². The lowest BCUT2D eigenvalue weighted by molar-refractivity contribution is -0.142. The fourth-order valence-electron chi connectivity index (χ4n) is 3.64. The van der Waals surface area contributed by atoms with E-state index in [-0.39, 0.29) is 18.2 Å². The van der Waals surface area contributed by atoms with Gasteiger partial charge in [0.1, 0.15) is 18.4 Å². The third kappa shape index (κ3) is 6.98. The molecule has 4 N–H and O–H groups in total. The molecule has 1 saturated carbocycles. The van der Waals surface area contributed by atoms with Crippen LogP contribution in [-0.4, -0.2) is 47.1 Å². The quantitative estimate of drug-likeness (QED) is 0.400. The van der Waals surface area contributed by atoms with Crippen LogP contribution in [0.25, 0.3) is 0 Å². The average Bonchev–Trinajstić information content (AvgIpc) is 3.17. The van der Waals surface area contributed by atoms with Gasteiger partial charge in [-0.25, -0.2) is 14.7 Å². The molecule has 9 heteroatoms. The van der Waals surface area contributed by atoms with Crippen molar-refractivity contribution in [3.63, 3.8) is 0 Å². The molecule has 30 heavy (non-hydrogen) atoms. The van der Waals surface area contributed by atoms with Gasteiger partial charge in [-0.3, -0.25) is 14.8 Å². The van der Waals surface area contributed by atoms with Crippen molar-refractivity contribution >= 4 is 23.5 Å². The molecule has 1 aromatic rings. The van der Waals surface area contributed by atoms with Crippen LogP contribution in [0.1, 0.15) is 46.5 Å². The monoisotopic (exact) mass is 422 g/mol. The van der Waals surface area contributed by atoms with Crippen molar-refractivity contribution in [3.8, 4) is 0 Å². The summed E-state index contributed by atoms with van der Waals surface area (Å²) in [6.07, 6.45) is 4.10. The maximum atomic E-state index is 13.4. The van der Waals surface area contributed by atoms with Gasteiger partial charge < -0.3 is 15.5 Å². The van der Waals surface area contributed by atoms with Crippen LogP contribution in [-0.2, 0) is 9.59 Å². The molecule has 0 heterocycles. The molecule has 1 atom stereocenters. The summed E-state index contributed by atoms with van der Waals surface area (Å²) in [5.41, 5.74) is 1.17.